The molecule has 1 aromatic carbocycles. The van der Waals surface area contributed by atoms with Crippen molar-refractivity contribution in [2.45, 2.75) is 37.2 Å². The molecule has 0 bridgehead atoms. The lowest BCUT2D eigenvalue weighted by Gasteiger charge is -2.42. The Morgan fingerprint density at radius 3 is 2.41 bits per heavy atom. The normalized spacial score (nSPS) is 26.4. The molecule has 1 atom stereocenters. The molecule has 1 N–H and O–H groups in total. The minimum absolute atomic E-state index is 0.0583. The van der Waals surface area contributed by atoms with Crippen LogP contribution in [-0.4, -0.2) is 54.9 Å². The largest absolute Gasteiger partial charge is 0.385 e. The van der Waals surface area contributed by atoms with Crippen molar-refractivity contribution in [3.8, 4) is 0 Å². The Kier molecular flexibility index (Phi) is 4.79. The number of rotatable bonds is 5. The van der Waals surface area contributed by atoms with Gasteiger partial charge in [-0.25, -0.2) is 8.78 Å². The van der Waals surface area contributed by atoms with Gasteiger partial charge in [0, 0.05) is 50.4 Å². The quantitative estimate of drug-likeness (QED) is 0.806. The fourth-order valence-corrected chi connectivity index (χ4v) is 4.34. The summed E-state index contributed by atoms with van der Waals surface area (Å²) in [6.07, 6.45) is 6.19. The maximum atomic E-state index is 13.0. The molecule has 0 radical (unpaired) electrons. The molecule has 0 spiro atoms. The Morgan fingerprint density at radius 2 is 1.81 bits per heavy atom. The molecule has 4 rings (SSSR count). The molecule has 0 amide bonds. The molecule has 2 aliphatic heterocycles. The van der Waals surface area contributed by atoms with Gasteiger partial charge in [-0.1, -0.05) is 35.8 Å². The second-order valence-corrected chi connectivity index (χ2v) is 8.29. The number of piperidine rings is 1. The van der Waals surface area contributed by atoms with Crippen LogP contribution in [-0.2, 0) is 5.60 Å². The van der Waals surface area contributed by atoms with E-state index < -0.39 is 17.4 Å². The number of benzene rings is 1. The molecule has 1 unspecified atom stereocenters. The van der Waals surface area contributed by atoms with Crippen molar-refractivity contribution in [1.29, 1.82) is 0 Å². The van der Waals surface area contributed by atoms with Gasteiger partial charge in [0.05, 0.1) is 5.60 Å². The van der Waals surface area contributed by atoms with Crippen molar-refractivity contribution in [3.63, 3.8) is 0 Å². The van der Waals surface area contributed by atoms with Crippen LogP contribution in [0.4, 0.5) is 8.78 Å². The van der Waals surface area contributed by atoms with Gasteiger partial charge in [-0.2, -0.15) is 0 Å². The van der Waals surface area contributed by atoms with E-state index in [1.54, 1.807) is 0 Å². The zero-order chi connectivity index (χ0) is 19.1. The van der Waals surface area contributed by atoms with Crippen LogP contribution in [0.1, 0.15) is 31.2 Å². The topological polar surface area (TPSA) is 26.7 Å². The smallest absolute Gasteiger partial charge is 0.251 e. The molecule has 3 nitrogen and oxygen atoms in total. The zero-order valence-electron chi connectivity index (χ0n) is 15.9. The fourth-order valence-electron chi connectivity index (χ4n) is 4.34. The van der Waals surface area contributed by atoms with Gasteiger partial charge >= 0.3 is 0 Å². The van der Waals surface area contributed by atoms with Gasteiger partial charge in [0.15, 0.2) is 0 Å². The minimum atomic E-state index is -2.42. The van der Waals surface area contributed by atoms with Crippen molar-refractivity contribution in [2.75, 3.05) is 26.2 Å². The van der Waals surface area contributed by atoms with Crippen LogP contribution in [0.3, 0.4) is 0 Å². The van der Waals surface area contributed by atoms with Gasteiger partial charge in [-0.3, -0.25) is 0 Å². The van der Waals surface area contributed by atoms with Crippen molar-refractivity contribution < 1.29 is 13.9 Å². The number of alkyl halides is 2. The van der Waals surface area contributed by atoms with Crippen LogP contribution in [0, 0.1) is 5.92 Å². The molecule has 1 saturated heterocycles. The zero-order valence-corrected chi connectivity index (χ0v) is 15.9. The highest BCUT2D eigenvalue weighted by Crippen LogP contribution is 2.50. The molecule has 144 valence electrons. The third-order valence-electron chi connectivity index (χ3n) is 6.28. The van der Waals surface area contributed by atoms with Gasteiger partial charge in [-0.15, -0.1) is 0 Å². The number of hydrogen-bond acceptors (Lipinski definition) is 3. The third kappa shape index (κ3) is 3.91. The van der Waals surface area contributed by atoms with Gasteiger partial charge in [0.25, 0.3) is 5.92 Å². The van der Waals surface area contributed by atoms with Crippen LogP contribution in [0.25, 0.3) is 0 Å². The summed E-state index contributed by atoms with van der Waals surface area (Å²) >= 11 is 0. The second kappa shape index (κ2) is 6.97. The molecule has 3 aliphatic rings. The first-order chi connectivity index (χ1) is 12.9. The van der Waals surface area contributed by atoms with E-state index >= 15 is 0 Å². The molecule has 0 aromatic heterocycles. The summed E-state index contributed by atoms with van der Waals surface area (Å²) in [6.45, 7) is 3.12. The van der Waals surface area contributed by atoms with Gasteiger partial charge in [0.2, 0.25) is 0 Å². The molecule has 2 fully saturated rings. The van der Waals surface area contributed by atoms with Gasteiger partial charge < -0.3 is 14.9 Å². The predicted octanol–water partition coefficient (Wildman–Crippen LogP) is 2.69. The molecule has 6 heteroatoms. The van der Waals surface area contributed by atoms with E-state index in [1.165, 1.54) is 11.2 Å². The van der Waals surface area contributed by atoms with Crippen molar-refractivity contribution in [2.24, 2.45) is 5.92 Å². The first-order valence-corrected chi connectivity index (χ1v) is 9.90. The first-order valence-electron chi connectivity index (χ1n) is 9.90. The van der Waals surface area contributed by atoms with E-state index in [2.05, 4.69) is 23.7 Å². The summed E-state index contributed by atoms with van der Waals surface area (Å²) in [5.41, 5.74) is 2.74. The molecule has 1 saturated carbocycles. The lowest BCUT2D eigenvalue weighted by Crippen LogP contribution is -2.43. The number of nitrogens with zero attached hydrogens (tertiary/aromatic N) is 2. The number of halogens is 2. The highest BCUT2D eigenvalue weighted by molar-refractivity contribution is 6.22. The van der Waals surface area contributed by atoms with E-state index in [0.717, 1.165) is 25.2 Å². The Morgan fingerprint density at radius 1 is 1.15 bits per heavy atom. The van der Waals surface area contributed by atoms with Crippen molar-refractivity contribution >= 4 is 7.85 Å². The highest BCUT2D eigenvalue weighted by atomic mass is 19.3. The Hall–Kier alpha value is -1.82. The standard InChI is InChI=1S/C21H27BF2N2O/c22-18-15-25(10-6-17-14-21(17,23)24)11-7-19(18)26-12-8-20(27,9-13-26)16-4-2-1-3-5-16/h1-5,7,11,17,27H,6,8-10,12-15,22H2. The van der Waals surface area contributed by atoms with Crippen molar-refractivity contribution in [3.05, 3.63) is 59.3 Å². The lowest BCUT2D eigenvalue weighted by molar-refractivity contribution is -0.0181. The molecule has 1 aromatic rings. The van der Waals surface area contributed by atoms with E-state index in [0.29, 0.717) is 25.8 Å². The Labute approximate surface area is 160 Å². The first kappa shape index (κ1) is 18.5. The summed E-state index contributed by atoms with van der Waals surface area (Å²) < 4.78 is 26.1. The second-order valence-electron chi connectivity index (χ2n) is 8.29. The van der Waals surface area contributed by atoms with Gasteiger partial charge in [0.1, 0.15) is 7.85 Å². The van der Waals surface area contributed by atoms with Crippen LogP contribution in [0.15, 0.2) is 53.8 Å². The van der Waals surface area contributed by atoms with E-state index in [1.807, 2.05) is 36.5 Å². The number of hydrogen-bond donors (Lipinski definition) is 1. The Balaban J connectivity index is 1.32. The molecule has 2 heterocycles. The molecule has 1 aliphatic carbocycles. The lowest BCUT2D eigenvalue weighted by atomic mass is 9.83. The summed E-state index contributed by atoms with van der Waals surface area (Å²) in [5.74, 6) is -2.84. The molecular formula is C21H27BF2N2O. The summed E-state index contributed by atoms with van der Waals surface area (Å²) in [4.78, 5) is 4.48. The summed E-state index contributed by atoms with van der Waals surface area (Å²) in [6, 6.07) is 9.92. The average Bonchev–Trinajstić information content (AvgIpc) is 3.28. The fraction of sp³-hybridized carbons (Fsp3) is 0.524. The maximum absolute atomic E-state index is 13.0. The molecule has 27 heavy (non-hydrogen) atoms. The van der Waals surface area contributed by atoms with E-state index in [4.69, 9.17) is 0 Å². The maximum Gasteiger partial charge on any atom is 0.251 e. The Bertz CT molecular complexity index is 742. The monoisotopic (exact) mass is 372 g/mol. The minimum Gasteiger partial charge on any atom is -0.385 e. The summed E-state index contributed by atoms with van der Waals surface area (Å²) in [7, 11) is 2.12. The van der Waals surface area contributed by atoms with Crippen LogP contribution >= 0.6 is 0 Å². The van der Waals surface area contributed by atoms with Gasteiger partial charge in [-0.05, 0) is 30.9 Å². The SMILES string of the molecule is BC1=C(N2CCC(O)(c3ccccc3)CC2)C=CN(CCC2CC2(F)F)C1. The van der Waals surface area contributed by atoms with Crippen LogP contribution in [0.2, 0.25) is 0 Å². The highest BCUT2D eigenvalue weighted by Gasteiger charge is 2.56. The number of likely N-dealkylation sites (tertiary alicyclic amines) is 1. The number of allylic oxidation sites excluding steroid dienone is 1. The number of aliphatic hydroxyl groups is 1. The summed E-state index contributed by atoms with van der Waals surface area (Å²) in [5, 5.41) is 11.0. The molecular weight excluding hydrogens is 345 g/mol. The van der Waals surface area contributed by atoms with Crippen LogP contribution < -0.4 is 0 Å². The average molecular weight is 372 g/mol. The predicted molar refractivity (Wildman–Crippen MR) is 105 cm³/mol. The van der Waals surface area contributed by atoms with E-state index in [9.17, 15) is 13.9 Å². The van der Waals surface area contributed by atoms with Crippen molar-refractivity contribution in [1.82, 2.24) is 9.80 Å². The van der Waals surface area contributed by atoms with Crippen LogP contribution in [0.5, 0.6) is 0 Å². The van der Waals surface area contributed by atoms with E-state index in [-0.39, 0.29) is 6.42 Å². The third-order valence-corrected chi connectivity index (χ3v) is 6.28.